The normalized spacial score (nSPS) is 16.9. The molecule has 0 saturated carbocycles. The maximum Gasteiger partial charge on any atom is 0.258 e. The maximum atomic E-state index is 5.73. The zero-order valence-corrected chi connectivity index (χ0v) is 17.9. The van der Waals surface area contributed by atoms with Crippen LogP contribution in [0.15, 0.2) is 58.8 Å². The Kier molecular flexibility index (Phi) is 5.20. The summed E-state index contributed by atoms with van der Waals surface area (Å²) >= 11 is 5.62. The lowest BCUT2D eigenvalue weighted by atomic mass is 9.94. The average molecular weight is 405 g/mol. The number of nitrogens with zero attached hydrogens (tertiary/aromatic N) is 3. The van der Waals surface area contributed by atoms with Gasteiger partial charge >= 0.3 is 0 Å². The molecule has 2 aromatic carbocycles. The average Bonchev–Trinajstić information content (AvgIpc) is 3.18. The molecule has 1 aromatic heterocycles. The fraction of sp³-hybridized carbons (Fsp3) is 0.261. The highest BCUT2D eigenvalue weighted by atomic mass is 32.1. The lowest BCUT2D eigenvalue weighted by Crippen LogP contribution is -2.45. The predicted molar refractivity (Wildman–Crippen MR) is 119 cm³/mol. The van der Waals surface area contributed by atoms with Crippen LogP contribution in [0.3, 0.4) is 0 Å². The molecule has 0 amide bonds. The lowest BCUT2D eigenvalue weighted by molar-refractivity contribution is 0.398. The van der Waals surface area contributed by atoms with E-state index in [2.05, 4.69) is 67.3 Å². The first-order valence-corrected chi connectivity index (χ1v) is 10.1. The lowest BCUT2D eigenvalue weighted by Gasteiger charge is -2.36. The van der Waals surface area contributed by atoms with Crippen LogP contribution in [0.1, 0.15) is 42.5 Å². The fourth-order valence-electron chi connectivity index (χ4n) is 3.60. The molecule has 0 aliphatic carbocycles. The van der Waals surface area contributed by atoms with Crippen LogP contribution in [-0.4, -0.2) is 26.7 Å². The second kappa shape index (κ2) is 7.79. The van der Waals surface area contributed by atoms with Crippen LogP contribution >= 0.6 is 12.2 Å². The van der Waals surface area contributed by atoms with Gasteiger partial charge in [-0.05, 0) is 45.5 Å². The van der Waals surface area contributed by atoms with Gasteiger partial charge < -0.3 is 14.7 Å². The van der Waals surface area contributed by atoms with E-state index in [0.717, 1.165) is 28.9 Å². The summed E-state index contributed by atoms with van der Waals surface area (Å²) in [6.07, 6.45) is 0. The van der Waals surface area contributed by atoms with Crippen LogP contribution < -0.4 is 5.32 Å². The summed E-state index contributed by atoms with van der Waals surface area (Å²) in [5.41, 5.74) is 6.43. The summed E-state index contributed by atoms with van der Waals surface area (Å²) < 4.78 is 5.73. The Morgan fingerprint density at radius 2 is 1.62 bits per heavy atom. The molecule has 0 fully saturated rings. The molecule has 5 nitrogen and oxygen atoms in total. The molecule has 1 atom stereocenters. The summed E-state index contributed by atoms with van der Waals surface area (Å²) in [5.74, 6) is 1.09. The first kappa shape index (κ1) is 19.3. The van der Waals surface area contributed by atoms with Crippen molar-refractivity contribution in [2.45, 2.75) is 33.7 Å². The molecule has 0 bridgehead atoms. The number of hydrogen-bond donors (Lipinski definition) is 1. The molecule has 1 aliphatic heterocycles. The van der Waals surface area contributed by atoms with Crippen molar-refractivity contribution in [3.8, 4) is 11.4 Å². The molecule has 4 rings (SSSR count). The molecule has 6 heteroatoms. The third kappa shape index (κ3) is 3.68. The smallest absolute Gasteiger partial charge is 0.258 e. The van der Waals surface area contributed by atoms with Gasteiger partial charge in [0.15, 0.2) is 5.11 Å². The van der Waals surface area contributed by atoms with Crippen LogP contribution in [0.4, 0.5) is 0 Å². The van der Waals surface area contributed by atoms with Gasteiger partial charge in [0.25, 0.3) is 5.89 Å². The first-order valence-electron chi connectivity index (χ1n) is 9.74. The molecule has 1 N–H and O–H groups in total. The van der Waals surface area contributed by atoms with Crippen molar-refractivity contribution < 1.29 is 4.52 Å². The van der Waals surface area contributed by atoms with E-state index in [1.54, 1.807) is 0 Å². The largest absolute Gasteiger partial charge is 0.351 e. The van der Waals surface area contributed by atoms with E-state index in [0.29, 0.717) is 16.8 Å². The zero-order chi connectivity index (χ0) is 20.5. The van der Waals surface area contributed by atoms with Crippen molar-refractivity contribution >= 4 is 22.9 Å². The van der Waals surface area contributed by atoms with Crippen molar-refractivity contribution in [3.63, 3.8) is 0 Å². The molecular weight excluding hydrogens is 380 g/mol. The van der Waals surface area contributed by atoms with Gasteiger partial charge in [-0.1, -0.05) is 64.8 Å². The second-order valence-electron chi connectivity index (χ2n) is 7.33. The van der Waals surface area contributed by atoms with Crippen LogP contribution in [0.25, 0.3) is 17.0 Å². The maximum absolute atomic E-state index is 5.73. The highest BCUT2D eigenvalue weighted by Crippen LogP contribution is 2.37. The van der Waals surface area contributed by atoms with Crippen LogP contribution in [0.5, 0.6) is 0 Å². The fourth-order valence-corrected chi connectivity index (χ4v) is 3.98. The quantitative estimate of drug-likeness (QED) is 0.615. The third-order valence-corrected chi connectivity index (χ3v) is 5.63. The van der Waals surface area contributed by atoms with Crippen LogP contribution in [0, 0.1) is 13.8 Å². The first-order chi connectivity index (χ1) is 14.0. The minimum atomic E-state index is -0.141. The van der Waals surface area contributed by atoms with Gasteiger partial charge in [-0.3, -0.25) is 0 Å². The van der Waals surface area contributed by atoms with Crippen molar-refractivity contribution in [3.05, 3.63) is 76.8 Å². The monoisotopic (exact) mass is 404 g/mol. The molecule has 1 unspecified atom stereocenters. The van der Waals surface area contributed by atoms with Gasteiger partial charge in [-0.25, -0.2) is 0 Å². The van der Waals surface area contributed by atoms with E-state index in [1.807, 2.05) is 24.3 Å². The summed E-state index contributed by atoms with van der Waals surface area (Å²) in [7, 11) is 0. The number of nitrogens with one attached hydrogen (secondary N) is 1. The highest BCUT2D eigenvalue weighted by molar-refractivity contribution is 7.80. The van der Waals surface area contributed by atoms with Crippen molar-refractivity contribution in [2.24, 2.45) is 0 Å². The van der Waals surface area contributed by atoms with E-state index >= 15 is 0 Å². The molecular formula is C23H24N4OS. The molecule has 0 spiro atoms. The Morgan fingerprint density at radius 3 is 2.24 bits per heavy atom. The molecule has 2 heterocycles. The van der Waals surface area contributed by atoms with Crippen molar-refractivity contribution in [1.82, 2.24) is 20.4 Å². The van der Waals surface area contributed by atoms with Crippen LogP contribution in [0.2, 0.25) is 0 Å². The van der Waals surface area contributed by atoms with Crippen molar-refractivity contribution in [1.29, 1.82) is 0 Å². The second-order valence-corrected chi connectivity index (χ2v) is 7.71. The number of aromatic nitrogens is 2. The Morgan fingerprint density at radius 1 is 1.00 bits per heavy atom. The molecule has 0 saturated heterocycles. The predicted octanol–water partition coefficient (Wildman–Crippen LogP) is 5.04. The summed E-state index contributed by atoms with van der Waals surface area (Å²) in [4.78, 5) is 6.79. The minimum absolute atomic E-state index is 0.141. The van der Waals surface area contributed by atoms with Crippen LogP contribution in [-0.2, 0) is 0 Å². The molecule has 29 heavy (non-hydrogen) atoms. The molecule has 1 aliphatic rings. The topological polar surface area (TPSA) is 54.2 Å². The van der Waals surface area contributed by atoms with Gasteiger partial charge in [-0.15, -0.1) is 0 Å². The van der Waals surface area contributed by atoms with E-state index in [9.17, 15) is 0 Å². The number of allylic oxidation sites excluding steroid dienone is 1. The van der Waals surface area contributed by atoms with E-state index in [4.69, 9.17) is 21.7 Å². The van der Waals surface area contributed by atoms with Gasteiger partial charge in [0.2, 0.25) is 5.82 Å². The third-order valence-electron chi connectivity index (χ3n) is 5.29. The van der Waals surface area contributed by atoms with Gasteiger partial charge in [0, 0.05) is 17.8 Å². The summed E-state index contributed by atoms with van der Waals surface area (Å²) in [6.45, 7) is 9.04. The Bertz CT molecular complexity index is 1070. The van der Waals surface area contributed by atoms with E-state index < -0.39 is 0 Å². The number of hydrogen-bond acceptors (Lipinski definition) is 4. The zero-order valence-electron chi connectivity index (χ0n) is 17.1. The Hall–Kier alpha value is -2.99. The number of rotatable bonds is 4. The SMILES string of the molecule is CCN1C(=S)NC(c2ccc(C)cc2)C(c2nc(-c3ccc(C)cc3)no2)=C1C. The highest BCUT2D eigenvalue weighted by Gasteiger charge is 2.33. The summed E-state index contributed by atoms with van der Waals surface area (Å²) in [6, 6.07) is 16.4. The van der Waals surface area contributed by atoms with E-state index in [-0.39, 0.29) is 6.04 Å². The standard InChI is InChI=1S/C23H24N4OS/c1-5-27-16(4)19(20(24-23(27)29)17-10-6-14(2)7-11-17)22-25-21(26-28-22)18-12-8-15(3)9-13-18/h6-13,20H,5H2,1-4H3,(H,24,29). The number of aryl methyl sites for hydroxylation is 2. The van der Waals surface area contributed by atoms with Gasteiger partial charge in [0.05, 0.1) is 11.6 Å². The van der Waals surface area contributed by atoms with E-state index in [1.165, 1.54) is 11.1 Å². The Labute approximate surface area is 176 Å². The summed E-state index contributed by atoms with van der Waals surface area (Å²) in [5, 5.41) is 8.40. The van der Waals surface area contributed by atoms with Crippen molar-refractivity contribution in [2.75, 3.05) is 6.54 Å². The Balaban J connectivity index is 1.80. The number of benzene rings is 2. The van der Waals surface area contributed by atoms with Gasteiger partial charge in [0.1, 0.15) is 0 Å². The minimum Gasteiger partial charge on any atom is -0.351 e. The molecule has 148 valence electrons. The molecule has 3 aromatic rings. The number of thiocarbonyl (C=S) groups is 1. The molecule has 0 radical (unpaired) electrons. The van der Waals surface area contributed by atoms with Gasteiger partial charge in [-0.2, -0.15) is 4.98 Å².